The number of aromatic nitrogens is 1. The Morgan fingerprint density at radius 1 is 0.861 bits per heavy atom. The summed E-state index contributed by atoms with van der Waals surface area (Å²) < 4.78 is 5.42. The highest BCUT2D eigenvalue weighted by Crippen LogP contribution is 2.60. The first kappa shape index (κ1) is 22.8. The first-order valence-corrected chi connectivity index (χ1v) is 13.0. The summed E-state index contributed by atoms with van der Waals surface area (Å²) in [5.74, 6) is 0.940. The molecule has 0 N–H and O–H groups in total. The molecule has 1 spiro atoms. The first-order chi connectivity index (χ1) is 17.6. The summed E-state index contributed by atoms with van der Waals surface area (Å²) in [7, 11) is 0. The quantitative estimate of drug-likeness (QED) is 0.554. The molecule has 7 nitrogen and oxygen atoms in total. The molecule has 1 unspecified atom stereocenters. The van der Waals surface area contributed by atoms with Crippen LogP contribution in [-0.2, 0) is 4.79 Å². The molecule has 3 fully saturated rings. The highest BCUT2D eigenvalue weighted by molar-refractivity contribution is 6.00. The van der Waals surface area contributed by atoms with Crippen molar-refractivity contribution < 1.29 is 14.1 Å². The number of hydrogen-bond donors (Lipinski definition) is 0. The SMILES string of the molecule is Cc1onc(-c2ccccc2)c1C(=O)N1CCC2(CC1)CC2C(=O)N1CCN(c2ccccc2)CC1. The standard InChI is InChI=1S/C29H32N4O3/c1-21-25(26(30-36-21)22-8-4-2-5-9-22)28(35)32-14-12-29(13-15-32)20-24(29)27(34)33-18-16-31(17-19-33)23-10-6-3-7-11-23/h2-11,24H,12-20H2,1H3. The van der Waals surface area contributed by atoms with Crippen molar-refractivity contribution in [2.75, 3.05) is 44.2 Å². The second kappa shape index (κ2) is 9.12. The van der Waals surface area contributed by atoms with Crippen molar-refractivity contribution in [1.82, 2.24) is 15.0 Å². The number of benzene rings is 2. The van der Waals surface area contributed by atoms with E-state index < -0.39 is 0 Å². The predicted octanol–water partition coefficient (Wildman–Crippen LogP) is 4.24. The van der Waals surface area contributed by atoms with Gasteiger partial charge in [0.2, 0.25) is 5.91 Å². The molecule has 3 aromatic rings. The molecule has 7 heteroatoms. The molecular formula is C29H32N4O3. The van der Waals surface area contributed by atoms with E-state index in [0.29, 0.717) is 36.0 Å². The van der Waals surface area contributed by atoms with Crippen LogP contribution in [-0.4, -0.2) is 66.0 Å². The van der Waals surface area contributed by atoms with Crippen molar-refractivity contribution in [3.63, 3.8) is 0 Å². The van der Waals surface area contributed by atoms with Crippen molar-refractivity contribution in [2.45, 2.75) is 26.2 Å². The van der Waals surface area contributed by atoms with E-state index in [1.54, 1.807) is 6.92 Å². The van der Waals surface area contributed by atoms with Crippen LogP contribution in [0.2, 0.25) is 0 Å². The Bertz CT molecular complexity index is 1240. The highest BCUT2D eigenvalue weighted by atomic mass is 16.5. The van der Waals surface area contributed by atoms with E-state index in [1.807, 2.05) is 41.3 Å². The third kappa shape index (κ3) is 4.06. The van der Waals surface area contributed by atoms with Crippen LogP contribution in [0.5, 0.6) is 0 Å². The van der Waals surface area contributed by atoms with Gasteiger partial charge in [-0.05, 0) is 43.7 Å². The van der Waals surface area contributed by atoms with E-state index in [0.717, 1.165) is 51.0 Å². The van der Waals surface area contributed by atoms with Crippen LogP contribution in [0.25, 0.3) is 11.3 Å². The Kier molecular flexibility index (Phi) is 5.78. The van der Waals surface area contributed by atoms with E-state index >= 15 is 0 Å². The summed E-state index contributed by atoms with van der Waals surface area (Å²) in [6.45, 7) is 6.44. The predicted molar refractivity (Wildman–Crippen MR) is 138 cm³/mol. The number of carbonyl (C=O) groups is 2. The lowest BCUT2D eigenvalue weighted by Crippen LogP contribution is -2.50. The van der Waals surface area contributed by atoms with Gasteiger partial charge in [0, 0.05) is 56.4 Å². The normalized spacial score (nSPS) is 21.0. The lowest BCUT2D eigenvalue weighted by atomic mass is 9.90. The van der Waals surface area contributed by atoms with Gasteiger partial charge in [-0.15, -0.1) is 0 Å². The number of nitrogens with zero attached hydrogens (tertiary/aromatic N) is 4. The number of para-hydroxylation sites is 1. The smallest absolute Gasteiger partial charge is 0.259 e. The Hall–Kier alpha value is -3.61. The molecule has 0 radical (unpaired) electrons. The average molecular weight is 485 g/mol. The fraction of sp³-hybridized carbons (Fsp3) is 0.414. The largest absolute Gasteiger partial charge is 0.368 e. The van der Waals surface area contributed by atoms with Crippen LogP contribution in [0, 0.1) is 18.3 Å². The zero-order valence-electron chi connectivity index (χ0n) is 20.7. The topological polar surface area (TPSA) is 69.9 Å². The molecule has 2 saturated heterocycles. The minimum Gasteiger partial charge on any atom is -0.368 e. The highest BCUT2D eigenvalue weighted by Gasteiger charge is 2.59. The molecule has 2 amide bonds. The maximum atomic E-state index is 13.5. The minimum absolute atomic E-state index is 0.0250. The molecule has 1 saturated carbocycles. The van der Waals surface area contributed by atoms with E-state index in [-0.39, 0.29) is 17.2 Å². The van der Waals surface area contributed by atoms with Crippen molar-refractivity contribution in [2.24, 2.45) is 11.3 Å². The van der Waals surface area contributed by atoms with Gasteiger partial charge >= 0.3 is 0 Å². The molecule has 6 rings (SSSR count). The van der Waals surface area contributed by atoms with Crippen molar-refractivity contribution >= 4 is 17.5 Å². The Labute approximate surface area is 211 Å². The molecule has 3 aliphatic rings. The van der Waals surface area contributed by atoms with Gasteiger partial charge in [0.1, 0.15) is 17.0 Å². The van der Waals surface area contributed by atoms with Crippen LogP contribution in [0.4, 0.5) is 5.69 Å². The average Bonchev–Trinajstić information content (AvgIpc) is 3.49. The number of aryl methyl sites for hydroxylation is 1. The van der Waals surface area contributed by atoms with Crippen LogP contribution >= 0.6 is 0 Å². The van der Waals surface area contributed by atoms with Crippen LogP contribution in [0.1, 0.15) is 35.4 Å². The van der Waals surface area contributed by atoms with Crippen molar-refractivity contribution in [1.29, 1.82) is 0 Å². The molecule has 3 heterocycles. The second-order valence-electron chi connectivity index (χ2n) is 10.4. The summed E-state index contributed by atoms with van der Waals surface area (Å²) in [5, 5.41) is 4.18. The number of piperidine rings is 1. The molecule has 2 aliphatic heterocycles. The number of piperazine rings is 1. The lowest BCUT2D eigenvalue weighted by Gasteiger charge is -2.37. The molecule has 2 aromatic carbocycles. The molecular weight excluding hydrogens is 452 g/mol. The molecule has 1 aliphatic carbocycles. The number of carbonyl (C=O) groups excluding carboxylic acids is 2. The summed E-state index contributed by atoms with van der Waals surface area (Å²) in [6, 6.07) is 20.1. The zero-order chi connectivity index (χ0) is 24.7. The second-order valence-corrected chi connectivity index (χ2v) is 10.4. The van der Waals surface area contributed by atoms with Crippen LogP contribution in [0.15, 0.2) is 65.2 Å². The number of anilines is 1. The Balaban J connectivity index is 1.06. The number of rotatable bonds is 4. The summed E-state index contributed by atoms with van der Waals surface area (Å²) >= 11 is 0. The maximum absolute atomic E-state index is 13.5. The Morgan fingerprint density at radius 2 is 1.50 bits per heavy atom. The van der Waals surface area contributed by atoms with E-state index in [2.05, 4.69) is 39.2 Å². The van der Waals surface area contributed by atoms with Gasteiger partial charge in [-0.1, -0.05) is 53.7 Å². The molecule has 36 heavy (non-hydrogen) atoms. The van der Waals surface area contributed by atoms with E-state index in [9.17, 15) is 9.59 Å². The van der Waals surface area contributed by atoms with Crippen molar-refractivity contribution in [3.8, 4) is 11.3 Å². The fourth-order valence-corrected chi connectivity index (χ4v) is 6.02. The van der Waals surface area contributed by atoms with E-state index in [1.165, 1.54) is 5.69 Å². The van der Waals surface area contributed by atoms with Crippen LogP contribution in [0.3, 0.4) is 0 Å². The van der Waals surface area contributed by atoms with Crippen molar-refractivity contribution in [3.05, 3.63) is 72.0 Å². The van der Waals surface area contributed by atoms with Gasteiger partial charge in [0.25, 0.3) is 5.91 Å². The van der Waals surface area contributed by atoms with Gasteiger partial charge in [-0.3, -0.25) is 9.59 Å². The summed E-state index contributed by atoms with van der Waals surface area (Å²) in [6.07, 6.45) is 2.71. The molecule has 1 aromatic heterocycles. The van der Waals surface area contributed by atoms with Crippen LogP contribution < -0.4 is 4.90 Å². The third-order valence-corrected chi connectivity index (χ3v) is 8.37. The van der Waals surface area contributed by atoms with Gasteiger partial charge in [0.15, 0.2) is 0 Å². The van der Waals surface area contributed by atoms with Gasteiger partial charge in [0.05, 0.1) is 0 Å². The molecule has 186 valence electrons. The number of amides is 2. The molecule has 1 atom stereocenters. The minimum atomic E-state index is -0.0250. The van der Waals surface area contributed by atoms with Gasteiger partial charge < -0.3 is 19.2 Å². The van der Waals surface area contributed by atoms with Gasteiger partial charge in [-0.25, -0.2) is 0 Å². The Morgan fingerprint density at radius 3 is 2.17 bits per heavy atom. The molecule has 0 bridgehead atoms. The maximum Gasteiger partial charge on any atom is 0.259 e. The fourth-order valence-electron chi connectivity index (χ4n) is 6.02. The zero-order valence-corrected chi connectivity index (χ0v) is 20.7. The summed E-state index contributed by atoms with van der Waals surface area (Å²) in [5.41, 5.74) is 3.33. The summed E-state index contributed by atoms with van der Waals surface area (Å²) in [4.78, 5) is 33.1. The van der Waals surface area contributed by atoms with E-state index in [4.69, 9.17) is 4.52 Å². The van der Waals surface area contributed by atoms with Gasteiger partial charge in [-0.2, -0.15) is 0 Å². The number of hydrogen-bond acceptors (Lipinski definition) is 5. The third-order valence-electron chi connectivity index (χ3n) is 8.37. The lowest BCUT2D eigenvalue weighted by molar-refractivity contribution is -0.134. The number of likely N-dealkylation sites (tertiary alicyclic amines) is 1. The monoisotopic (exact) mass is 484 g/mol. The first-order valence-electron chi connectivity index (χ1n) is 13.0.